The molecule has 1 saturated heterocycles. The number of rotatable bonds is 12. The van der Waals surface area contributed by atoms with Gasteiger partial charge in [-0.3, -0.25) is 0 Å². The van der Waals surface area contributed by atoms with Gasteiger partial charge in [0.2, 0.25) is 0 Å². The van der Waals surface area contributed by atoms with Crippen LogP contribution in [0.4, 0.5) is 0 Å². The van der Waals surface area contributed by atoms with Gasteiger partial charge in [-0.05, 0) is 50.9 Å². The molecule has 0 aromatic rings. The predicted molar refractivity (Wildman–Crippen MR) is 89.5 cm³/mol. The lowest BCUT2D eigenvalue weighted by atomic mass is 9.85. The van der Waals surface area contributed by atoms with E-state index in [-0.39, 0.29) is 0 Å². The van der Waals surface area contributed by atoms with Crippen LogP contribution in [0, 0.1) is 5.92 Å². The zero-order valence-corrected chi connectivity index (χ0v) is 14.1. The monoisotopic (exact) mass is 297 g/mol. The Balaban J connectivity index is 2.12. The van der Waals surface area contributed by atoms with Gasteiger partial charge in [-0.25, -0.2) is 0 Å². The number of hydrogen-bond acceptors (Lipinski definition) is 3. The summed E-state index contributed by atoms with van der Waals surface area (Å²) in [5, 5.41) is 3.88. The maximum absolute atomic E-state index is 5.38. The van der Waals surface area contributed by atoms with E-state index in [2.05, 4.69) is 18.8 Å². The zero-order chi connectivity index (χ0) is 15.3. The summed E-state index contributed by atoms with van der Waals surface area (Å²) >= 11 is 0. The zero-order valence-electron chi connectivity index (χ0n) is 14.1. The largest absolute Gasteiger partial charge is 0.359 e. The summed E-state index contributed by atoms with van der Waals surface area (Å²) in [5.74, 6) is 0.796. The highest BCUT2D eigenvalue weighted by molar-refractivity contribution is 4.84. The molecule has 0 aliphatic carbocycles. The Morgan fingerprint density at radius 3 is 2.76 bits per heavy atom. The lowest BCUT2D eigenvalue weighted by molar-refractivity contribution is -0.0325. The van der Waals surface area contributed by atoms with Crippen LogP contribution in [-0.4, -0.2) is 32.6 Å². The fraction of sp³-hybridized carbons (Fsp3) is 0.889. The van der Waals surface area contributed by atoms with Gasteiger partial charge >= 0.3 is 0 Å². The number of allylic oxidation sites excluding steroid dienone is 1. The predicted octanol–water partition coefficient (Wildman–Crippen LogP) is 4.28. The standard InChI is InChI=1S/C18H35NO2/c1-4-5-6-7-8-10-17-13-12-16(2)18(19-17)11-9-14-21-15-20-3/h4,16-19H,1,5-15H2,2-3H3/t16-,17-,18+/m1/s1. The van der Waals surface area contributed by atoms with Crippen molar-refractivity contribution in [1.82, 2.24) is 5.32 Å². The van der Waals surface area contributed by atoms with E-state index in [9.17, 15) is 0 Å². The minimum atomic E-state index is 0.418. The maximum Gasteiger partial charge on any atom is 0.146 e. The topological polar surface area (TPSA) is 30.5 Å². The van der Waals surface area contributed by atoms with Crippen LogP contribution in [0.2, 0.25) is 0 Å². The van der Waals surface area contributed by atoms with Crippen molar-refractivity contribution in [2.24, 2.45) is 5.92 Å². The first kappa shape index (κ1) is 18.7. The van der Waals surface area contributed by atoms with Crippen molar-refractivity contribution in [3.8, 4) is 0 Å². The molecule has 0 amide bonds. The third kappa shape index (κ3) is 8.60. The van der Waals surface area contributed by atoms with Crippen molar-refractivity contribution < 1.29 is 9.47 Å². The number of nitrogens with one attached hydrogen (secondary N) is 1. The van der Waals surface area contributed by atoms with Gasteiger partial charge < -0.3 is 14.8 Å². The highest BCUT2D eigenvalue weighted by atomic mass is 16.7. The molecule has 1 N–H and O–H groups in total. The number of methoxy groups -OCH3 is 1. The minimum absolute atomic E-state index is 0.418. The number of hydrogen-bond donors (Lipinski definition) is 1. The molecular weight excluding hydrogens is 262 g/mol. The Kier molecular flexibility index (Phi) is 10.8. The molecule has 1 aliphatic rings. The second-order valence-corrected chi connectivity index (χ2v) is 6.41. The third-order valence-electron chi connectivity index (χ3n) is 4.57. The molecule has 0 saturated carbocycles. The van der Waals surface area contributed by atoms with Crippen LogP contribution in [0.5, 0.6) is 0 Å². The van der Waals surface area contributed by atoms with E-state index in [4.69, 9.17) is 9.47 Å². The molecule has 21 heavy (non-hydrogen) atoms. The second-order valence-electron chi connectivity index (χ2n) is 6.41. The molecule has 0 unspecified atom stereocenters. The highest BCUT2D eigenvalue weighted by Crippen LogP contribution is 2.25. The van der Waals surface area contributed by atoms with Crippen molar-refractivity contribution in [2.45, 2.75) is 76.8 Å². The van der Waals surface area contributed by atoms with Crippen LogP contribution >= 0.6 is 0 Å². The molecule has 1 aliphatic heterocycles. The molecule has 0 spiro atoms. The van der Waals surface area contributed by atoms with Gasteiger partial charge in [0.05, 0.1) is 0 Å². The van der Waals surface area contributed by atoms with E-state index in [1.165, 1.54) is 51.4 Å². The Hall–Kier alpha value is -0.380. The summed E-state index contributed by atoms with van der Waals surface area (Å²) < 4.78 is 10.3. The Morgan fingerprint density at radius 2 is 2.00 bits per heavy atom. The van der Waals surface area contributed by atoms with E-state index >= 15 is 0 Å². The fourth-order valence-corrected chi connectivity index (χ4v) is 3.21. The molecule has 3 atom stereocenters. The van der Waals surface area contributed by atoms with Crippen molar-refractivity contribution in [3.05, 3.63) is 12.7 Å². The Morgan fingerprint density at radius 1 is 1.14 bits per heavy atom. The van der Waals surface area contributed by atoms with Gasteiger partial charge in [-0.15, -0.1) is 6.58 Å². The van der Waals surface area contributed by atoms with Gasteiger partial charge in [0.15, 0.2) is 0 Å². The summed E-state index contributed by atoms with van der Waals surface area (Å²) in [5.41, 5.74) is 0. The number of ether oxygens (including phenoxy) is 2. The average Bonchev–Trinajstić information content (AvgIpc) is 2.49. The summed E-state index contributed by atoms with van der Waals surface area (Å²) in [6.45, 7) is 7.39. The lowest BCUT2D eigenvalue weighted by Crippen LogP contribution is -2.46. The molecule has 0 radical (unpaired) electrons. The van der Waals surface area contributed by atoms with Crippen LogP contribution in [0.15, 0.2) is 12.7 Å². The fourth-order valence-electron chi connectivity index (χ4n) is 3.21. The first-order valence-electron chi connectivity index (χ1n) is 8.71. The van der Waals surface area contributed by atoms with Crippen LogP contribution in [-0.2, 0) is 9.47 Å². The summed E-state index contributed by atoms with van der Waals surface area (Å²) in [6.07, 6.45) is 13.6. The van der Waals surface area contributed by atoms with Gasteiger partial charge in [0.1, 0.15) is 6.79 Å². The molecule has 1 fully saturated rings. The van der Waals surface area contributed by atoms with Crippen molar-refractivity contribution in [1.29, 1.82) is 0 Å². The Bertz CT molecular complexity index is 258. The van der Waals surface area contributed by atoms with E-state index in [1.54, 1.807) is 7.11 Å². The van der Waals surface area contributed by atoms with Crippen LogP contribution in [0.3, 0.4) is 0 Å². The molecule has 0 bridgehead atoms. The number of unbranched alkanes of at least 4 members (excludes halogenated alkanes) is 3. The van der Waals surface area contributed by atoms with Crippen LogP contribution in [0.1, 0.15) is 64.7 Å². The molecule has 124 valence electrons. The molecular formula is C18H35NO2. The summed E-state index contributed by atoms with van der Waals surface area (Å²) in [6, 6.07) is 1.40. The third-order valence-corrected chi connectivity index (χ3v) is 4.57. The van der Waals surface area contributed by atoms with E-state index in [0.29, 0.717) is 12.8 Å². The normalized spacial score (nSPS) is 25.9. The summed E-state index contributed by atoms with van der Waals surface area (Å²) in [4.78, 5) is 0. The quantitative estimate of drug-likeness (QED) is 0.331. The lowest BCUT2D eigenvalue weighted by Gasteiger charge is -2.36. The Labute approximate surface area is 131 Å². The number of piperidine rings is 1. The molecule has 1 heterocycles. The molecule has 3 heteroatoms. The maximum atomic E-state index is 5.38. The molecule has 1 rings (SSSR count). The minimum Gasteiger partial charge on any atom is -0.359 e. The average molecular weight is 297 g/mol. The smallest absolute Gasteiger partial charge is 0.146 e. The first-order valence-corrected chi connectivity index (χ1v) is 8.71. The van der Waals surface area contributed by atoms with Gasteiger partial charge in [-0.1, -0.05) is 25.8 Å². The molecule has 0 aromatic carbocycles. The summed E-state index contributed by atoms with van der Waals surface area (Å²) in [7, 11) is 1.67. The van der Waals surface area contributed by atoms with E-state index in [0.717, 1.165) is 25.0 Å². The van der Waals surface area contributed by atoms with Gasteiger partial charge in [0, 0.05) is 25.8 Å². The van der Waals surface area contributed by atoms with Crippen LogP contribution < -0.4 is 5.32 Å². The molecule has 3 nitrogen and oxygen atoms in total. The van der Waals surface area contributed by atoms with Crippen LogP contribution in [0.25, 0.3) is 0 Å². The second kappa shape index (κ2) is 12.2. The van der Waals surface area contributed by atoms with E-state index in [1.807, 2.05) is 6.08 Å². The highest BCUT2D eigenvalue weighted by Gasteiger charge is 2.25. The van der Waals surface area contributed by atoms with E-state index < -0.39 is 0 Å². The SMILES string of the molecule is C=CCCCCC[C@@H]1CC[C@@H](C)[C@H](CCCOCOC)N1. The first-order chi connectivity index (χ1) is 10.3. The van der Waals surface area contributed by atoms with Crippen molar-refractivity contribution >= 4 is 0 Å². The van der Waals surface area contributed by atoms with Gasteiger partial charge in [-0.2, -0.15) is 0 Å². The molecule has 0 aromatic heterocycles. The van der Waals surface area contributed by atoms with Crippen molar-refractivity contribution in [3.63, 3.8) is 0 Å². The van der Waals surface area contributed by atoms with Gasteiger partial charge in [0.25, 0.3) is 0 Å². The van der Waals surface area contributed by atoms with Crippen molar-refractivity contribution in [2.75, 3.05) is 20.5 Å².